The number of carbonyl (C=O) groups excluding carboxylic acids is 1. The van der Waals surface area contributed by atoms with Crippen LogP contribution in [0.5, 0.6) is 11.5 Å². The Morgan fingerprint density at radius 1 is 1.19 bits per heavy atom. The third-order valence-electron chi connectivity index (χ3n) is 3.26. The molecular weight excluding hydrogens is 268 g/mol. The van der Waals surface area contributed by atoms with Crippen molar-refractivity contribution in [2.24, 2.45) is 0 Å². The average molecular weight is 288 g/mol. The van der Waals surface area contributed by atoms with Crippen molar-refractivity contribution in [3.05, 3.63) is 41.7 Å². The van der Waals surface area contributed by atoms with E-state index in [2.05, 4.69) is 5.10 Å². The van der Waals surface area contributed by atoms with Crippen LogP contribution in [0.3, 0.4) is 0 Å². The van der Waals surface area contributed by atoms with E-state index in [1.165, 1.54) is 0 Å². The van der Waals surface area contributed by atoms with Crippen LogP contribution in [0, 0.1) is 0 Å². The first kappa shape index (κ1) is 15.1. The zero-order valence-electron chi connectivity index (χ0n) is 12.8. The Labute approximate surface area is 124 Å². The highest BCUT2D eigenvalue weighted by Gasteiger charge is 2.21. The molecule has 112 valence electrons. The topological polar surface area (TPSA) is 53.4 Å². The van der Waals surface area contributed by atoms with Crippen LogP contribution in [-0.4, -0.2) is 29.8 Å². The molecule has 0 N–H and O–H groups in total. The molecule has 0 bridgehead atoms. The number of ether oxygens (including phenoxy) is 2. The fourth-order valence-corrected chi connectivity index (χ4v) is 2.17. The number of methoxy groups -OCH3 is 2. The lowest BCUT2D eigenvalue weighted by atomic mass is 10.1. The fourth-order valence-electron chi connectivity index (χ4n) is 2.17. The van der Waals surface area contributed by atoms with E-state index in [9.17, 15) is 4.79 Å². The third kappa shape index (κ3) is 3.24. The maximum atomic E-state index is 12.6. The standard InChI is InChI=1S/C16H20N2O3/c1-11(2)18-16(15(21-4)10-17-18)14(19)9-12-5-7-13(20-3)8-6-12/h5-8,10-11H,9H2,1-4H3. The van der Waals surface area contributed by atoms with Crippen LogP contribution in [0.1, 0.15) is 35.9 Å². The highest BCUT2D eigenvalue weighted by Crippen LogP contribution is 2.23. The second-order valence-electron chi connectivity index (χ2n) is 5.05. The van der Waals surface area contributed by atoms with E-state index in [-0.39, 0.29) is 11.8 Å². The van der Waals surface area contributed by atoms with E-state index in [1.54, 1.807) is 25.1 Å². The number of nitrogens with zero attached hydrogens (tertiary/aromatic N) is 2. The average Bonchev–Trinajstić information content (AvgIpc) is 2.92. The summed E-state index contributed by atoms with van der Waals surface area (Å²) in [5.74, 6) is 1.28. The molecule has 0 saturated heterocycles. The predicted molar refractivity (Wildman–Crippen MR) is 80.2 cm³/mol. The van der Waals surface area contributed by atoms with Gasteiger partial charge in [-0.25, -0.2) is 0 Å². The molecule has 2 aromatic rings. The molecular formula is C16H20N2O3. The Kier molecular flexibility index (Phi) is 4.62. The molecule has 0 fully saturated rings. The Bertz CT molecular complexity index is 615. The molecule has 0 aliphatic rings. The highest BCUT2D eigenvalue weighted by molar-refractivity contribution is 5.98. The lowest BCUT2D eigenvalue weighted by Crippen LogP contribution is -2.15. The second-order valence-corrected chi connectivity index (χ2v) is 5.05. The van der Waals surface area contributed by atoms with E-state index in [4.69, 9.17) is 9.47 Å². The monoisotopic (exact) mass is 288 g/mol. The van der Waals surface area contributed by atoms with Gasteiger partial charge < -0.3 is 9.47 Å². The van der Waals surface area contributed by atoms with E-state index in [0.717, 1.165) is 11.3 Å². The number of ketones is 1. The first-order valence-corrected chi connectivity index (χ1v) is 6.84. The van der Waals surface area contributed by atoms with Gasteiger partial charge in [0.2, 0.25) is 0 Å². The summed E-state index contributed by atoms with van der Waals surface area (Å²) in [5.41, 5.74) is 1.45. The number of rotatable bonds is 6. The zero-order valence-corrected chi connectivity index (χ0v) is 12.8. The molecule has 0 unspecified atom stereocenters. The van der Waals surface area contributed by atoms with Crippen molar-refractivity contribution in [1.82, 2.24) is 9.78 Å². The molecule has 1 heterocycles. The van der Waals surface area contributed by atoms with Crippen LogP contribution in [-0.2, 0) is 6.42 Å². The normalized spacial score (nSPS) is 10.7. The summed E-state index contributed by atoms with van der Waals surface area (Å²) in [4.78, 5) is 12.6. The maximum Gasteiger partial charge on any atom is 0.189 e. The number of hydrogen-bond donors (Lipinski definition) is 0. The van der Waals surface area contributed by atoms with Gasteiger partial charge in [0.15, 0.2) is 11.5 Å². The first-order chi connectivity index (χ1) is 10.1. The van der Waals surface area contributed by atoms with Gasteiger partial charge in [-0.15, -0.1) is 0 Å². The Morgan fingerprint density at radius 3 is 2.38 bits per heavy atom. The highest BCUT2D eigenvalue weighted by atomic mass is 16.5. The van der Waals surface area contributed by atoms with Crippen LogP contribution < -0.4 is 9.47 Å². The Hall–Kier alpha value is -2.30. The van der Waals surface area contributed by atoms with E-state index in [0.29, 0.717) is 17.9 Å². The molecule has 0 spiro atoms. The molecule has 0 amide bonds. The zero-order chi connectivity index (χ0) is 15.4. The molecule has 2 rings (SSSR count). The summed E-state index contributed by atoms with van der Waals surface area (Å²) < 4.78 is 12.1. The summed E-state index contributed by atoms with van der Waals surface area (Å²) in [7, 11) is 3.16. The van der Waals surface area contributed by atoms with Gasteiger partial charge >= 0.3 is 0 Å². The minimum absolute atomic E-state index is 0.0109. The van der Waals surface area contributed by atoms with Crippen molar-refractivity contribution in [3.63, 3.8) is 0 Å². The minimum Gasteiger partial charge on any atom is -0.497 e. The summed E-state index contributed by atoms with van der Waals surface area (Å²) in [6.07, 6.45) is 1.89. The molecule has 1 aromatic carbocycles. The molecule has 0 atom stereocenters. The number of aromatic nitrogens is 2. The fraction of sp³-hybridized carbons (Fsp3) is 0.375. The SMILES string of the molecule is COc1ccc(CC(=O)c2c(OC)cnn2C(C)C)cc1. The smallest absolute Gasteiger partial charge is 0.189 e. The number of benzene rings is 1. The van der Waals surface area contributed by atoms with Gasteiger partial charge in [0.05, 0.1) is 20.4 Å². The van der Waals surface area contributed by atoms with Gasteiger partial charge in [-0.3, -0.25) is 9.48 Å². The van der Waals surface area contributed by atoms with E-state index < -0.39 is 0 Å². The Balaban J connectivity index is 2.25. The molecule has 21 heavy (non-hydrogen) atoms. The predicted octanol–water partition coefficient (Wildman–Crippen LogP) is 2.91. The first-order valence-electron chi connectivity index (χ1n) is 6.84. The third-order valence-corrected chi connectivity index (χ3v) is 3.26. The minimum atomic E-state index is -0.0109. The van der Waals surface area contributed by atoms with E-state index >= 15 is 0 Å². The van der Waals surface area contributed by atoms with E-state index in [1.807, 2.05) is 38.1 Å². The van der Waals surface area contributed by atoms with Crippen molar-refractivity contribution in [2.45, 2.75) is 26.3 Å². The Morgan fingerprint density at radius 2 is 1.86 bits per heavy atom. The molecule has 0 aliphatic carbocycles. The van der Waals surface area contributed by atoms with Gasteiger partial charge in [-0.2, -0.15) is 5.10 Å². The van der Waals surface area contributed by atoms with Crippen LogP contribution in [0.15, 0.2) is 30.5 Å². The second kappa shape index (κ2) is 6.43. The molecule has 0 aliphatic heterocycles. The van der Waals surface area contributed by atoms with Crippen molar-refractivity contribution in [1.29, 1.82) is 0 Å². The summed E-state index contributed by atoms with van der Waals surface area (Å²) in [6, 6.07) is 7.57. The summed E-state index contributed by atoms with van der Waals surface area (Å²) in [6.45, 7) is 3.97. The summed E-state index contributed by atoms with van der Waals surface area (Å²) >= 11 is 0. The number of carbonyl (C=O) groups is 1. The van der Waals surface area contributed by atoms with Crippen molar-refractivity contribution in [3.8, 4) is 11.5 Å². The van der Waals surface area contributed by atoms with Gasteiger partial charge in [0.1, 0.15) is 11.4 Å². The van der Waals surface area contributed by atoms with Crippen molar-refractivity contribution >= 4 is 5.78 Å². The number of Topliss-reactive ketones (excluding diaryl/α,β-unsaturated/α-hetero) is 1. The van der Waals surface area contributed by atoms with Crippen LogP contribution in [0.25, 0.3) is 0 Å². The van der Waals surface area contributed by atoms with Crippen LogP contribution in [0.2, 0.25) is 0 Å². The lowest BCUT2D eigenvalue weighted by molar-refractivity contribution is 0.0977. The van der Waals surface area contributed by atoms with Gasteiger partial charge in [-0.05, 0) is 31.5 Å². The molecule has 1 aromatic heterocycles. The largest absolute Gasteiger partial charge is 0.497 e. The van der Waals surface area contributed by atoms with Crippen LogP contribution >= 0.6 is 0 Å². The van der Waals surface area contributed by atoms with Crippen molar-refractivity contribution in [2.75, 3.05) is 14.2 Å². The van der Waals surface area contributed by atoms with Crippen LogP contribution in [0.4, 0.5) is 0 Å². The van der Waals surface area contributed by atoms with Gasteiger partial charge in [-0.1, -0.05) is 12.1 Å². The molecule has 0 saturated carbocycles. The summed E-state index contributed by atoms with van der Waals surface area (Å²) in [5, 5.41) is 4.23. The van der Waals surface area contributed by atoms with Crippen molar-refractivity contribution < 1.29 is 14.3 Å². The molecule has 5 heteroatoms. The lowest BCUT2D eigenvalue weighted by Gasteiger charge is -2.11. The molecule has 5 nitrogen and oxygen atoms in total. The van der Waals surface area contributed by atoms with Gasteiger partial charge in [0, 0.05) is 12.5 Å². The van der Waals surface area contributed by atoms with Gasteiger partial charge in [0.25, 0.3) is 0 Å². The quantitative estimate of drug-likeness (QED) is 0.767. The molecule has 0 radical (unpaired) electrons. The number of hydrogen-bond acceptors (Lipinski definition) is 4. The maximum absolute atomic E-state index is 12.6.